The number of benzene rings is 2. The number of aryl methyl sites for hydroxylation is 1. The molecule has 0 unspecified atom stereocenters. The van der Waals surface area contributed by atoms with Gasteiger partial charge >= 0.3 is 0 Å². The highest BCUT2D eigenvalue weighted by molar-refractivity contribution is 7.90. The lowest BCUT2D eigenvalue weighted by atomic mass is 9.90. The largest absolute Gasteiger partial charge is 0.495 e. The minimum atomic E-state index is -3.73. The fourth-order valence-corrected chi connectivity index (χ4v) is 6.47. The second-order valence-corrected chi connectivity index (χ2v) is 10.7. The molecule has 0 spiro atoms. The standard InChI is InChI=1S/C26H29N3O4S/c1-19-7-9-20(10-8-19)34(31,32)29-14-13-21-22(29)11-12-24(26(21)30)28-17-15-27(16-18-28)23-5-3-4-6-25(23)33-2/h3-10,13-14,24H,11-12,15-18H2,1-2H3/t24-/m1/s1. The van der Waals surface area contributed by atoms with Gasteiger partial charge in [-0.3, -0.25) is 9.69 Å². The van der Waals surface area contributed by atoms with Crippen LogP contribution in [0.3, 0.4) is 0 Å². The Hall–Kier alpha value is -3.10. The van der Waals surface area contributed by atoms with E-state index in [1.165, 1.54) is 10.2 Å². The highest BCUT2D eigenvalue weighted by Crippen LogP contribution is 2.31. The van der Waals surface area contributed by atoms with Crippen LogP contribution < -0.4 is 9.64 Å². The molecule has 0 radical (unpaired) electrons. The maximum atomic E-state index is 13.4. The summed E-state index contributed by atoms with van der Waals surface area (Å²) in [5.41, 5.74) is 3.19. The SMILES string of the molecule is COc1ccccc1N1CCN([C@@H]2CCc3c(ccn3S(=O)(=O)c3ccc(C)cc3)C2=O)CC1. The summed E-state index contributed by atoms with van der Waals surface area (Å²) in [6.45, 7) is 5.07. The summed E-state index contributed by atoms with van der Waals surface area (Å²) < 4.78 is 33.2. The van der Waals surface area contributed by atoms with Crippen LogP contribution in [0.1, 0.15) is 28.0 Å². The zero-order valence-electron chi connectivity index (χ0n) is 19.5. The molecule has 1 saturated heterocycles. The van der Waals surface area contributed by atoms with Crippen LogP contribution in [0.4, 0.5) is 5.69 Å². The first kappa shape index (κ1) is 22.7. The minimum absolute atomic E-state index is 0.0184. The van der Waals surface area contributed by atoms with E-state index in [0.717, 1.165) is 43.2 Å². The second kappa shape index (κ2) is 8.92. The number of carbonyl (C=O) groups is 1. The lowest BCUT2D eigenvalue weighted by Crippen LogP contribution is -2.53. The molecule has 8 heteroatoms. The monoisotopic (exact) mass is 479 g/mol. The minimum Gasteiger partial charge on any atom is -0.495 e. The van der Waals surface area contributed by atoms with E-state index in [1.807, 2.05) is 25.1 Å². The summed E-state index contributed by atoms with van der Waals surface area (Å²) in [5.74, 6) is 0.871. The van der Waals surface area contributed by atoms with Crippen molar-refractivity contribution < 1.29 is 17.9 Å². The third kappa shape index (κ3) is 3.91. The zero-order valence-corrected chi connectivity index (χ0v) is 20.3. The van der Waals surface area contributed by atoms with E-state index in [1.54, 1.807) is 37.4 Å². The van der Waals surface area contributed by atoms with Gasteiger partial charge in [0.25, 0.3) is 10.0 Å². The van der Waals surface area contributed by atoms with Crippen LogP contribution in [0.2, 0.25) is 0 Å². The molecule has 34 heavy (non-hydrogen) atoms. The number of aromatic nitrogens is 1. The molecule has 5 rings (SSSR count). The van der Waals surface area contributed by atoms with Crippen LogP contribution in [0.25, 0.3) is 0 Å². The number of methoxy groups -OCH3 is 1. The van der Waals surface area contributed by atoms with Crippen LogP contribution in [0.5, 0.6) is 5.75 Å². The van der Waals surface area contributed by atoms with Gasteiger partial charge in [0.15, 0.2) is 5.78 Å². The highest BCUT2D eigenvalue weighted by Gasteiger charge is 2.37. The molecule has 1 aliphatic carbocycles. The first-order valence-electron chi connectivity index (χ1n) is 11.6. The van der Waals surface area contributed by atoms with Crippen molar-refractivity contribution in [2.45, 2.75) is 30.7 Å². The number of hydrogen-bond acceptors (Lipinski definition) is 6. The number of ketones is 1. The lowest BCUT2D eigenvalue weighted by Gasteiger charge is -2.41. The van der Waals surface area contributed by atoms with Gasteiger partial charge in [0.2, 0.25) is 0 Å². The number of fused-ring (bicyclic) bond motifs is 1. The molecule has 0 bridgehead atoms. The number of piperazine rings is 1. The van der Waals surface area contributed by atoms with E-state index in [4.69, 9.17) is 4.74 Å². The van der Waals surface area contributed by atoms with E-state index < -0.39 is 10.0 Å². The number of Topliss-reactive ketones (excluding diaryl/α,β-unsaturated/α-hetero) is 1. The van der Waals surface area contributed by atoms with Crippen LogP contribution in [-0.2, 0) is 16.4 Å². The van der Waals surface area contributed by atoms with Crippen molar-refractivity contribution in [3.05, 3.63) is 77.6 Å². The Morgan fingerprint density at radius 3 is 2.35 bits per heavy atom. The number of ether oxygens (including phenoxy) is 1. The fraction of sp³-hybridized carbons (Fsp3) is 0.346. The van der Waals surface area contributed by atoms with Gasteiger partial charge in [-0.2, -0.15) is 0 Å². The smallest absolute Gasteiger partial charge is 0.267 e. The number of carbonyl (C=O) groups excluding carboxylic acids is 1. The maximum absolute atomic E-state index is 13.4. The molecular formula is C26H29N3O4S. The third-order valence-corrected chi connectivity index (χ3v) is 8.66. The van der Waals surface area contributed by atoms with Crippen LogP contribution in [0.15, 0.2) is 65.7 Å². The van der Waals surface area contributed by atoms with Gasteiger partial charge in [-0.25, -0.2) is 12.4 Å². The summed E-state index contributed by atoms with van der Waals surface area (Å²) in [6.07, 6.45) is 2.70. The van der Waals surface area contributed by atoms with Crippen molar-refractivity contribution in [1.82, 2.24) is 8.87 Å². The number of rotatable bonds is 5. The first-order chi connectivity index (χ1) is 16.4. The molecule has 3 aromatic rings. The summed E-state index contributed by atoms with van der Waals surface area (Å²) >= 11 is 0. The number of anilines is 1. The molecule has 1 atom stereocenters. The van der Waals surface area contributed by atoms with Crippen molar-refractivity contribution in [2.24, 2.45) is 0 Å². The summed E-state index contributed by atoms with van der Waals surface area (Å²) in [6, 6.07) is 16.2. The molecular weight excluding hydrogens is 450 g/mol. The van der Waals surface area contributed by atoms with Gasteiger partial charge in [-0.1, -0.05) is 29.8 Å². The Kier molecular flexibility index (Phi) is 5.95. The summed E-state index contributed by atoms with van der Waals surface area (Å²) in [4.78, 5) is 18.2. The van der Waals surface area contributed by atoms with Crippen LogP contribution >= 0.6 is 0 Å². The molecule has 178 valence electrons. The van der Waals surface area contributed by atoms with Gasteiger partial charge in [-0.05, 0) is 50.1 Å². The summed E-state index contributed by atoms with van der Waals surface area (Å²) in [7, 11) is -2.05. The van der Waals surface area contributed by atoms with Crippen LogP contribution in [-0.4, -0.2) is 62.4 Å². The van der Waals surface area contributed by atoms with Crippen molar-refractivity contribution in [3.8, 4) is 5.75 Å². The van der Waals surface area contributed by atoms with Gasteiger partial charge in [0, 0.05) is 43.6 Å². The van der Waals surface area contributed by atoms with E-state index in [-0.39, 0.29) is 16.7 Å². The Bertz CT molecular complexity index is 1310. The van der Waals surface area contributed by atoms with Gasteiger partial charge in [0.1, 0.15) is 5.75 Å². The predicted molar refractivity (Wildman–Crippen MR) is 131 cm³/mol. The van der Waals surface area contributed by atoms with Crippen molar-refractivity contribution in [1.29, 1.82) is 0 Å². The molecule has 0 saturated carbocycles. The molecule has 0 N–H and O–H groups in total. The number of hydrogen-bond donors (Lipinski definition) is 0. The fourth-order valence-electron chi connectivity index (χ4n) is 5.06. The average Bonchev–Trinajstić information content (AvgIpc) is 3.31. The molecule has 2 heterocycles. The van der Waals surface area contributed by atoms with Crippen molar-refractivity contribution in [2.75, 3.05) is 38.2 Å². The molecule has 2 aliphatic rings. The number of nitrogens with zero attached hydrogens (tertiary/aromatic N) is 3. The average molecular weight is 480 g/mol. The third-order valence-electron chi connectivity index (χ3n) is 6.93. The molecule has 1 fully saturated rings. The maximum Gasteiger partial charge on any atom is 0.267 e. The zero-order chi connectivity index (χ0) is 23.9. The Balaban J connectivity index is 1.32. The van der Waals surface area contributed by atoms with Crippen molar-refractivity contribution in [3.63, 3.8) is 0 Å². The number of para-hydroxylation sites is 2. The quantitative estimate of drug-likeness (QED) is 0.559. The lowest BCUT2D eigenvalue weighted by molar-refractivity contribution is 0.0777. The molecule has 1 aromatic heterocycles. The summed E-state index contributed by atoms with van der Waals surface area (Å²) in [5, 5.41) is 0. The van der Waals surface area contributed by atoms with E-state index in [9.17, 15) is 13.2 Å². The molecule has 1 aliphatic heterocycles. The Morgan fingerprint density at radius 1 is 0.941 bits per heavy atom. The normalized spacial score (nSPS) is 19.2. The topological polar surface area (TPSA) is 71.8 Å². The first-order valence-corrected chi connectivity index (χ1v) is 13.0. The molecule has 0 amide bonds. The Morgan fingerprint density at radius 2 is 1.65 bits per heavy atom. The highest BCUT2D eigenvalue weighted by atomic mass is 32.2. The van der Waals surface area contributed by atoms with Gasteiger partial charge in [0.05, 0.1) is 23.7 Å². The molecule has 2 aromatic carbocycles. The van der Waals surface area contributed by atoms with Crippen molar-refractivity contribution >= 4 is 21.5 Å². The predicted octanol–water partition coefficient (Wildman–Crippen LogP) is 3.36. The van der Waals surface area contributed by atoms with E-state index in [2.05, 4.69) is 15.9 Å². The van der Waals surface area contributed by atoms with Crippen LogP contribution in [0, 0.1) is 6.92 Å². The van der Waals surface area contributed by atoms with Gasteiger partial charge in [-0.15, -0.1) is 0 Å². The molecule has 7 nitrogen and oxygen atoms in total. The van der Waals surface area contributed by atoms with E-state index in [0.29, 0.717) is 24.1 Å². The van der Waals surface area contributed by atoms with E-state index >= 15 is 0 Å². The Labute approximate surface area is 200 Å². The second-order valence-electron chi connectivity index (χ2n) is 8.90. The van der Waals surface area contributed by atoms with Gasteiger partial charge < -0.3 is 9.64 Å².